The van der Waals surface area contributed by atoms with E-state index in [-0.39, 0.29) is 6.61 Å². The molecule has 0 heterocycles. The number of hydrogen-bond donors (Lipinski definition) is 1. The smallest absolute Gasteiger partial charge is 0.319 e. The highest BCUT2D eigenvalue weighted by Gasteiger charge is 1.99. The van der Waals surface area contributed by atoms with Gasteiger partial charge in [0.2, 0.25) is 5.91 Å². The molecular weight excluding hydrogens is 229 g/mol. The van der Waals surface area contributed by atoms with Crippen LogP contribution in [0.1, 0.15) is 13.8 Å². The molecule has 0 saturated carbocycles. The van der Waals surface area contributed by atoms with Crippen LogP contribution in [0.2, 0.25) is 0 Å². The molecule has 5 nitrogen and oxygen atoms in total. The fourth-order valence-electron chi connectivity index (χ4n) is 0.403. The van der Waals surface area contributed by atoms with Gasteiger partial charge in [0.25, 0.3) is 0 Å². The van der Waals surface area contributed by atoms with Gasteiger partial charge in [0, 0.05) is 0 Å². The molecule has 1 atom stereocenters. The minimum atomic E-state index is -2.27. The molecule has 2 N–H and O–H groups in total. The van der Waals surface area contributed by atoms with Crippen LogP contribution in [0, 0.1) is 5.92 Å². The largest absolute Gasteiger partial charge is 0.366 e. The quantitative estimate of drug-likeness (QED) is 0.424. The lowest BCUT2D eigenvalue weighted by atomic mass is 10.2. The van der Waals surface area contributed by atoms with Crippen molar-refractivity contribution in [2.45, 2.75) is 13.8 Å². The summed E-state index contributed by atoms with van der Waals surface area (Å²) in [6.07, 6.45) is 2.60. The second-order valence-electron chi connectivity index (χ2n) is 3.16. The van der Waals surface area contributed by atoms with Crippen LogP contribution in [0.3, 0.4) is 0 Å². The first-order valence-electron chi connectivity index (χ1n) is 4.76. The van der Waals surface area contributed by atoms with E-state index in [4.69, 9.17) is 9.05 Å². The van der Waals surface area contributed by atoms with E-state index in [1.165, 1.54) is 0 Å². The predicted octanol–water partition coefficient (Wildman–Crippen LogP) is 1.91. The Bertz CT molecular complexity index is 241. The first kappa shape index (κ1) is 17.5. The van der Waals surface area contributed by atoms with Crippen molar-refractivity contribution in [3.8, 4) is 0 Å². The third kappa shape index (κ3) is 18.8. The second kappa shape index (κ2) is 12.2. The van der Waals surface area contributed by atoms with Crippen LogP contribution < -0.4 is 5.73 Å². The Morgan fingerprint density at radius 3 is 2.25 bits per heavy atom. The Hall–Kier alpha value is -0.900. The zero-order valence-corrected chi connectivity index (χ0v) is 10.8. The van der Waals surface area contributed by atoms with Gasteiger partial charge >= 0.3 is 8.25 Å². The van der Waals surface area contributed by atoms with E-state index in [0.29, 0.717) is 12.5 Å². The highest BCUT2D eigenvalue weighted by Crippen LogP contribution is 2.23. The van der Waals surface area contributed by atoms with Crippen molar-refractivity contribution < 1.29 is 18.4 Å². The average Bonchev–Trinajstić information content (AvgIpc) is 2.24. The van der Waals surface area contributed by atoms with Gasteiger partial charge in [-0.3, -0.25) is 9.36 Å². The lowest BCUT2D eigenvalue weighted by Gasteiger charge is -2.05. The van der Waals surface area contributed by atoms with E-state index >= 15 is 0 Å². The van der Waals surface area contributed by atoms with Crippen LogP contribution in [0.4, 0.5) is 0 Å². The molecule has 1 amide bonds. The molecule has 0 aliphatic carbocycles. The molecule has 0 spiro atoms. The van der Waals surface area contributed by atoms with E-state index in [2.05, 4.69) is 18.9 Å². The molecule has 0 radical (unpaired) electrons. The third-order valence-corrected chi connectivity index (χ3v) is 1.86. The van der Waals surface area contributed by atoms with E-state index in [9.17, 15) is 9.36 Å². The van der Waals surface area contributed by atoms with Crippen molar-refractivity contribution >= 4 is 14.2 Å². The maximum Gasteiger partial charge on any atom is 0.319 e. The average molecular weight is 249 g/mol. The van der Waals surface area contributed by atoms with Crippen LogP contribution in [-0.4, -0.2) is 19.1 Å². The van der Waals surface area contributed by atoms with Gasteiger partial charge in [-0.15, -0.1) is 6.58 Å². The molecule has 0 saturated heterocycles. The van der Waals surface area contributed by atoms with E-state index < -0.39 is 14.2 Å². The Kier molecular flexibility index (Phi) is 13.3. The van der Waals surface area contributed by atoms with Crippen molar-refractivity contribution in [1.29, 1.82) is 0 Å². The summed E-state index contributed by atoms with van der Waals surface area (Å²) in [5, 5.41) is 0. The van der Waals surface area contributed by atoms with Crippen LogP contribution in [-0.2, 0) is 18.4 Å². The highest BCUT2D eigenvalue weighted by molar-refractivity contribution is 7.33. The Balaban J connectivity index is 0. The van der Waals surface area contributed by atoms with Crippen molar-refractivity contribution in [2.75, 3.05) is 13.2 Å². The standard InChI is InChI=1S/C7H15O3P.C3H5NO/c1-4-5-9-11(8)10-6-7(2)3;1-2-3(4)5/h4,7,11H,1,5-6H2,2-3H3;2H,1H2,(H2,4,5). The minimum Gasteiger partial charge on any atom is -0.366 e. The third-order valence-electron chi connectivity index (χ3n) is 1.05. The van der Waals surface area contributed by atoms with E-state index in [1.807, 2.05) is 13.8 Å². The van der Waals surface area contributed by atoms with Gasteiger partial charge in [-0.25, -0.2) is 0 Å². The predicted molar refractivity (Wildman–Crippen MR) is 65.3 cm³/mol. The van der Waals surface area contributed by atoms with Crippen molar-refractivity contribution in [1.82, 2.24) is 0 Å². The van der Waals surface area contributed by atoms with Crippen LogP contribution in [0.25, 0.3) is 0 Å². The van der Waals surface area contributed by atoms with Crippen molar-refractivity contribution in [3.63, 3.8) is 0 Å². The molecule has 16 heavy (non-hydrogen) atoms. The summed E-state index contributed by atoms with van der Waals surface area (Å²) < 4.78 is 20.4. The molecule has 0 rings (SSSR count). The number of primary amides is 1. The summed E-state index contributed by atoms with van der Waals surface area (Å²) in [5.41, 5.74) is 4.53. The molecule has 0 aromatic carbocycles. The van der Waals surface area contributed by atoms with E-state index in [0.717, 1.165) is 6.08 Å². The summed E-state index contributed by atoms with van der Waals surface area (Å²) in [4.78, 5) is 9.47. The van der Waals surface area contributed by atoms with Gasteiger partial charge in [0.05, 0.1) is 13.2 Å². The van der Waals surface area contributed by atoms with Gasteiger partial charge in [0.15, 0.2) is 0 Å². The van der Waals surface area contributed by atoms with Crippen LogP contribution >= 0.6 is 8.25 Å². The summed E-state index contributed by atoms with van der Waals surface area (Å²) in [7, 11) is -2.27. The lowest BCUT2D eigenvalue weighted by Crippen LogP contribution is -2.04. The fourth-order valence-corrected chi connectivity index (χ4v) is 1.21. The molecule has 0 bridgehead atoms. The van der Waals surface area contributed by atoms with Crippen molar-refractivity contribution in [3.05, 3.63) is 25.3 Å². The summed E-state index contributed by atoms with van der Waals surface area (Å²) in [5.74, 6) is -0.0960. The Morgan fingerprint density at radius 2 is 1.94 bits per heavy atom. The fraction of sp³-hybridized carbons (Fsp3) is 0.500. The highest BCUT2D eigenvalue weighted by atomic mass is 31.1. The SMILES string of the molecule is C=CC(N)=O.C=CCO[PH](=O)OCC(C)C. The zero-order chi connectivity index (χ0) is 13.0. The number of amides is 1. The lowest BCUT2D eigenvalue weighted by molar-refractivity contribution is -0.113. The summed E-state index contributed by atoms with van der Waals surface area (Å²) in [6.45, 7) is 11.3. The number of rotatable bonds is 7. The molecule has 0 fully saturated rings. The molecule has 0 aromatic heterocycles. The van der Waals surface area contributed by atoms with Gasteiger partial charge in [-0.05, 0) is 12.0 Å². The topological polar surface area (TPSA) is 78.6 Å². The second-order valence-corrected chi connectivity index (χ2v) is 4.24. The first-order valence-corrected chi connectivity index (χ1v) is 5.98. The summed E-state index contributed by atoms with van der Waals surface area (Å²) in [6, 6.07) is 0. The number of carbonyl (C=O) groups excluding carboxylic acids is 1. The Morgan fingerprint density at radius 1 is 1.44 bits per heavy atom. The minimum absolute atomic E-state index is 0.288. The van der Waals surface area contributed by atoms with Crippen LogP contribution in [0.15, 0.2) is 25.3 Å². The molecule has 1 unspecified atom stereocenters. The monoisotopic (exact) mass is 249 g/mol. The van der Waals surface area contributed by atoms with E-state index in [1.54, 1.807) is 6.08 Å². The zero-order valence-electron chi connectivity index (χ0n) is 9.77. The molecule has 6 heteroatoms. The summed E-state index contributed by atoms with van der Waals surface area (Å²) >= 11 is 0. The molecular formula is C10H20NO4P. The van der Waals surface area contributed by atoms with Gasteiger partial charge in [-0.2, -0.15) is 0 Å². The molecule has 0 aliphatic rings. The molecule has 94 valence electrons. The number of hydrogen-bond acceptors (Lipinski definition) is 4. The molecule has 0 aromatic rings. The molecule has 0 aliphatic heterocycles. The van der Waals surface area contributed by atoms with Gasteiger partial charge in [0.1, 0.15) is 0 Å². The van der Waals surface area contributed by atoms with Crippen LogP contribution in [0.5, 0.6) is 0 Å². The van der Waals surface area contributed by atoms with Gasteiger partial charge < -0.3 is 14.8 Å². The number of nitrogens with two attached hydrogens (primary N) is 1. The van der Waals surface area contributed by atoms with Gasteiger partial charge in [-0.1, -0.05) is 26.5 Å². The Labute approximate surface area is 97.3 Å². The normalized spacial score (nSPS) is 11.2. The maximum absolute atomic E-state index is 10.8. The van der Waals surface area contributed by atoms with Crippen molar-refractivity contribution in [2.24, 2.45) is 11.7 Å². The maximum atomic E-state index is 10.8. The first-order chi connectivity index (χ1) is 7.43. The number of carbonyl (C=O) groups is 1.